The van der Waals surface area contributed by atoms with Gasteiger partial charge in [0, 0.05) is 19.6 Å². The lowest BCUT2D eigenvalue weighted by Crippen LogP contribution is -2.51. The summed E-state index contributed by atoms with van der Waals surface area (Å²) in [6.07, 6.45) is -4.25. The van der Waals surface area contributed by atoms with Crippen LogP contribution in [0.25, 0.3) is 0 Å². The molecule has 1 aliphatic heterocycles. The highest BCUT2D eigenvalue weighted by molar-refractivity contribution is 7.99. The van der Waals surface area contributed by atoms with E-state index < -0.39 is 41.7 Å². The predicted octanol–water partition coefficient (Wildman–Crippen LogP) is 2.12. The number of hydrogen-bond acceptors (Lipinski definition) is 7. The van der Waals surface area contributed by atoms with E-state index in [4.69, 9.17) is 14.2 Å². The van der Waals surface area contributed by atoms with Crippen LogP contribution in [0.5, 0.6) is 0 Å². The van der Waals surface area contributed by atoms with Crippen LogP contribution in [0.15, 0.2) is 30.3 Å². The molecule has 0 saturated carbocycles. The highest BCUT2D eigenvalue weighted by Crippen LogP contribution is 2.33. The highest BCUT2D eigenvalue weighted by Gasteiger charge is 2.46. The van der Waals surface area contributed by atoms with Crippen molar-refractivity contribution in [1.82, 2.24) is 0 Å². The number of rotatable bonds is 4. The maximum Gasteiger partial charge on any atom is 0.338 e. The van der Waals surface area contributed by atoms with Gasteiger partial charge in [-0.1, -0.05) is 18.2 Å². The van der Waals surface area contributed by atoms with E-state index >= 15 is 0 Å². The fourth-order valence-corrected chi connectivity index (χ4v) is 3.42. The number of ether oxygens (including phenoxy) is 3. The van der Waals surface area contributed by atoms with Crippen LogP contribution in [0, 0.1) is 0 Å². The second kappa shape index (κ2) is 8.14. The van der Waals surface area contributed by atoms with Crippen molar-refractivity contribution in [2.45, 2.75) is 37.7 Å². The van der Waals surface area contributed by atoms with Crippen LogP contribution in [-0.2, 0) is 23.8 Å². The summed E-state index contributed by atoms with van der Waals surface area (Å²) in [5, 5.41) is 0. The lowest BCUT2D eigenvalue weighted by atomic mass is 10.1. The zero-order chi connectivity index (χ0) is 17.7. The van der Waals surface area contributed by atoms with Gasteiger partial charge < -0.3 is 14.2 Å². The number of halogens is 1. The average molecular weight is 356 g/mol. The van der Waals surface area contributed by atoms with Gasteiger partial charge in [-0.2, -0.15) is 0 Å². The Labute approximate surface area is 142 Å². The van der Waals surface area contributed by atoms with Crippen molar-refractivity contribution in [2.75, 3.05) is 5.75 Å². The van der Waals surface area contributed by atoms with Gasteiger partial charge in [-0.15, -0.1) is 11.8 Å². The summed E-state index contributed by atoms with van der Waals surface area (Å²) in [4.78, 5) is 34.4. The van der Waals surface area contributed by atoms with Crippen molar-refractivity contribution in [3.05, 3.63) is 35.9 Å². The molecule has 0 unspecified atom stereocenters. The van der Waals surface area contributed by atoms with Crippen molar-refractivity contribution >= 4 is 29.7 Å². The lowest BCUT2D eigenvalue weighted by Gasteiger charge is -2.36. The molecule has 0 bridgehead atoms. The Hall–Kier alpha value is -2.09. The van der Waals surface area contributed by atoms with Crippen molar-refractivity contribution < 1.29 is 33.0 Å². The number of carbonyl (C=O) groups excluding carboxylic acids is 3. The Balaban J connectivity index is 2.08. The Kier molecular flexibility index (Phi) is 6.19. The Morgan fingerprint density at radius 3 is 2.25 bits per heavy atom. The minimum absolute atomic E-state index is 0.0788. The number of carbonyl (C=O) groups is 3. The van der Waals surface area contributed by atoms with E-state index in [1.807, 2.05) is 0 Å². The maximum absolute atomic E-state index is 14.7. The first-order valence-corrected chi connectivity index (χ1v) is 8.29. The number of esters is 3. The molecule has 0 spiro atoms. The molecule has 24 heavy (non-hydrogen) atoms. The first-order chi connectivity index (χ1) is 11.4. The normalized spacial score (nSPS) is 26.3. The Morgan fingerprint density at radius 2 is 1.67 bits per heavy atom. The van der Waals surface area contributed by atoms with E-state index in [0.29, 0.717) is 5.56 Å². The number of alkyl halides is 1. The molecule has 0 aromatic heterocycles. The van der Waals surface area contributed by atoms with Gasteiger partial charge in [-0.3, -0.25) is 9.59 Å². The van der Waals surface area contributed by atoms with Gasteiger partial charge in [0.1, 0.15) is 6.10 Å². The van der Waals surface area contributed by atoms with Crippen LogP contribution in [0.4, 0.5) is 4.39 Å². The third-order valence-corrected chi connectivity index (χ3v) is 4.43. The molecule has 1 saturated heterocycles. The van der Waals surface area contributed by atoms with E-state index in [2.05, 4.69) is 0 Å². The van der Waals surface area contributed by atoms with Gasteiger partial charge in [0.25, 0.3) is 0 Å². The molecule has 8 heteroatoms. The second-order valence-corrected chi connectivity index (χ2v) is 6.27. The van der Waals surface area contributed by atoms with E-state index in [1.54, 1.807) is 30.3 Å². The first kappa shape index (κ1) is 18.3. The SMILES string of the molecule is CC(=O)O[C@@H]1[C@@H](F)[C@H](OC(=O)c2ccccc2)CS[C@H]1OC(C)=O. The molecular weight excluding hydrogens is 339 g/mol. The zero-order valence-electron chi connectivity index (χ0n) is 13.1. The van der Waals surface area contributed by atoms with Crippen LogP contribution in [0.3, 0.4) is 0 Å². The number of benzene rings is 1. The van der Waals surface area contributed by atoms with Crippen molar-refractivity contribution in [3.8, 4) is 0 Å². The molecule has 0 aliphatic carbocycles. The highest BCUT2D eigenvalue weighted by atomic mass is 32.2. The Bertz CT molecular complexity index is 608. The smallest absolute Gasteiger partial charge is 0.338 e. The molecule has 1 aromatic carbocycles. The summed E-state index contributed by atoms with van der Waals surface area (Å²) in [6, 6.07) is 8.17. The predicted molar refractivity (Wildman–Crippen MR) is 84.1 cm³/mol. The molecule has 1 aliphatic rings. The first-order valence-electron chi connectivity index (χ1n) is 7.24. The standard InChI is InChI=1S/C16H17FO6S/c1-9(18)21-14-13(17)12(8-24-16(14)22-10(2)19)23-15(20)11-6-4-3-5-7-11/h3-7,12-14,16H,8H2,1-2H3/t12-,13+,14-,16-/m1/s1. The molecular formula is C16H17FO6S. The van der Waals surface area contributed by atoms with Crippen molar-refractivity contribution in [1.29, 1.82) is 0 Å². The monoisotopic (exact) mass is 356 g/mol. The van der Waals surface area contributed by atoms with Crippen molar-refractivity contribution in [2.24, 2.45) is 0 Å². The van der Waals surface area contributed by atoms with E-state index in [-0.39, 0.29) is 5.75 Å². The molecule has 4 atom stereocenters. The molecule has 130 valence electrons. The summed E-state index contributed by atoms with van der Waals surface area (Å²) in [5.74, 6) is -1.92. The van der Waals surface area contributed by atoms with Crippen LogP contribution < -0.4 is 0 Å². The van der Waals surface area contributed by atoms with Crippen LogP contribution >= 0.6 is 11.8 Å². The maximum atomic E-state index is 14.7. The van der Waals surface area contributed by atoms with Gasteiger partial charge in [0.05, 0.1) is 5.56 Å². The fraction of sp³-hybridized carbons (Fsp3) is 0.438. The molecule has 0 N–H and O–H groups in total. The molecule has 2 rings (SSSR count). The second-order valence-electron chi connectivity index (χ2n) is 5.14. The summed E-state index contributed by atoms with van der Waals surface area (Å²) in [6.45, 7) is 2.31. The molecule has 6 nitrogen and oxygen atoms in total. The van der Waals surface area contributed by atoms with Crippen LogP contribution in [-0.4, -0.2) is 47.5 Å². The molecule has 0 radical (unpaired) electrons. The average Bonchev–Trinajstić information content (AvgIpc) is 2.53. The molecule has 1 heterocycles. The molecule has 1 fully saturated rings. The summed E-state index contributed by atoms with van der Waals surface area (Å²) in [7, 11) is 0. The van der Waals surface area contributed by atoms with Crippen LogP contribution in [0.1, 0.15) is 24.2 Å². The summed E-state index contributed by atoms with van der Waals surface area (Å²) >= 11 is 1.05. The minimum atomic E-state index is -1.80. The summed E-state index contributed by atoms with van der Waals surface area (Å²) < 4.78 is 29.8. The topological polar surface area (TPSA) is 78.9 Å². The van der Waals surface area contributed by atoms with Gasteiger partial charge in [-0.25, -0.2) is 9.18 Å². The fourth-order valence-electron chi connectivity index (χ4n) is 2.19. The molecule has 1 aromatic rings. The van der Waals surface area contributed by atoms with Crippen LogP contribution in [0.2, 0.25) is 0 Å². The van der Waals surface area contributed by atoms with E-state index in [9.17, 15) is 18.8 Å². The lowest BCUT2D eigenvalue weighted by molar-refractivity contribution is -0.167. The minimum Gasteiger partial charge on any atom is -0.455 e. The van der Waals surface area contributed by atoms with E-state index in [0.717, 1.165) is 18.7 Å². The van der Waals surface area contributed by atoms with Gasteiger partial charge in [0.2, 0.25) is 0 Å². The van der Waals surface area contributed by atoms with Gasteiger partial charge in [-0.05, 0) is 12.1 Å². The zero-order valence-corrected chi connectivity index (χ0v) is 14.0. The van der Waals surface area contributed by atoms with Crippen molar-refractivity contribution in [3.63, 3.8) is 0 Å². The quantitative estimate of drug-likeness (QED) is 0.604. The largest absolute Gasteiger partial charge is 0.455 e. The Morgan fingerprint density at radius 1 is 1.04 bits per heavy atom. The van der Waals surface area contributed by atoms with E-state index in [1.165, 1.54) is 6.92 Å². The summed E-state index contributed by atoms with van der Waals surface area (Å²) in [5.41, 5.74) is -0.686. The third-order valence-electron chi connectivity index (χ3n) is 3.21. The van der Waals surface area contributed by atoms with Gasteiger partial charge in [0.15, 0.2) is 17.7 Å². The number of hydrogen-bond donors (Lipinski definition) is 0. The molecule has 0 amide bonds. The third kappa shape index (κ3) is 4.70. The van der Waals surface area contributed by atoms with Gasteiger partial charge >= 0.3 is 17.9 Å². The number of thioether (sulfide) groups is 1.